The van der Waals surface area contributed by atoms with Crippen molar-refractivity contribution in [3.63, 3.8) is 0 Å². The molecule has 0 aromatic heterocycles. The van der Waals surface area contributed by atoms with Gasteiger partial charge in [0.05, 0.1) is 24.1 Å². The van der Waals surface area contributed by atoms with Crippen LogP contribution < -0.4 is 10.6 Å². The number of nitrogens with two attached hydrogens (primary N) is 1. The Labute approximate surface area is 169 Å². The van der Waals surface area contributed by atoms with E-state index in [0.717, 1.165) is 34.1 Å². The Morgan fingerprint density at radius 2 is 1.93 bits per heavy atom. The van der Waals surface area contributed by atoms with Gasteiger partial charge in [0.15, 0.2) is 0 Å². The molecule has 1 aliphatic carbocycles. The maximum absolute atomic E-state index is 9.74. The topological polar surface area (TPSA) is 80.2 Å². The second-order valence-electron chi connectivity index (χ2n) is 7.68. The zero-order valence-electron chi connectivity index (χ0n) is 16.0. The third kappa shape index (κ3) is 3.21. The van der Waals surface area contributed by atoms with E-state index in [1.807, 2.05) is 60.8 Å². The molecule has 3 N–H and O–H groups in total. The summed E-state index contributed by atoms with van der Waals surface area (Å²) in [7, 11) is 0. The molecule has 1 saturated carbocycles. The Bertz CT molecular complexity index is 1050. The van der Waals surface area contributed by atoms with Crippen molar-refractivity contribution in [3.05, 3.63) is 89.5 Å². The Kier molecular flexibility index (Phi) is 4.39. The summed E-state index contributed by atoms with van der Waals surface area (Å²) in [4.78, 5) is 9.19. The van der Waals surface area contributed by atoms with Crippen molar-refractivity contribution >= 4 is 12.1 Å². The number of amidine groups is 1. The van der Waals surface area contributed by atoms with Gasteiger partial charge in [-0.25, -0.2) is 0 Å². The molecule has 0 spiro atoms. The fourth-order valence-electron chi connectivity index (χ4n) is 3.98. The molecule has 29 heavy (non-hydrogen) atoms. The van der Waals surface area contributed by atoms with Crippen LogP contribution in [0.15, 0.2) is 88.4 Å². The summed E-state index contributed by atoms with van der Waals surface area (Å²) < 4.78 is 5.98. The summed E-state index contributed by atoms with van der Waals surface area (Å²) in [6, 6.07) is 17.9. The summed E-state index contributed by atoms with van der Waals surface area (Å²) in [6.45, 7) is 0.501. The molecule has 2 aromatic carbocycles. The van der Waals surface area contributed by atoms with Gasteiger partial charge in [-0.2, -0.15) is 10.8 Å². The number of aliphatic hydroxyl groups excluding tert-OH is 1. The fourth-order valence-corrected chi connectivity index (χ4v) is 3.98. The molecular weight excluding hydrogens is 364 g/mol. The van der Waals surface area contributed by atoms with Crippen LogP contribution in [0.5, 0.6) is 5.75 Å². The van der Waals surface area contributed by atoms with Crippen LogP contribution >= 0.6 is 0 Å². The van der Waals surface area contributed by atoms with Crippen molar-refractivity contribution in [2.24, 2.45) is 21.7 Å². The molecule has 1 unspecified atom stereocenters. The molecule has 0 saturated heterocycles. The number of allylic oxidation sites excluding steroid dienone is 2. The first-order valence-electron chi connectivity index (χ1n) is 9.81. The Hall–Kier alpha value is -3.06. The smallest absolute Gasteiger partial charge is 0.265 e. The third-order valence-electron chi connectivity index (χ3n) is 5.66. The number of aliphatic hydroxyl groups is 1. The van der Waals surface area contributed by atoms with Gasteiger partial charge >= 0.3 is 0 Å². The number of fused-ring (bicyclic) bond motifs is 1. The maximum Gasteiger partial charge on any atom is 0.265 e. The molecule has 146 valence electrons. The van der Waals surface area contributed by atoms with Gasteiger partial charge in [-0.3, -0.25) is 4.99 Å². The molecule has 5 rings (SSSR count). The lowest BCUT2D eigenvalue weighted by Crippen LogP contribution is -2.53. The second kappa shape index (κ2) is 7.08. The number of quaternary nitrogens is 1. The molecule has 3 aliphatic rings. The Morgan fingerprint density at radius 3 is 2.72 bits per heavy atom. The first-order chi connectivity index (χ1) is 14.1. The minimum atomic E-state index is -0.252. The highest BCUT2D eigenvalue weighted by atomic mass is 16.5. The van der Waals surface area contributed by atoms with Crippen LogP contribution in [0, 0.1) is 5.92 Å². The standard InChI is InChI=1S/C23H23N4O2/c24-27-10-9-25-14-21(27)22(18-11-19(28)12-18)26-23(27)17-7-4-8-20(13-17)29-15-16-5-2-1-3-6-16/h1-10,13-14,18-19,28H,11-12,15,24H2/q+1. The quantitative estimate of drug-likeness (QED) is 0.610. The van der Waals surface area contributed by atoms with Gasteiger partial charge in [-0.05, 0) is 36.6 Å². The van der Waals surface area contributed by atoms with Crippen molar-refractivity contribution in [3.8, 4) is 5.75 Å². The van der Waals surface area contributed by atoms with Gasteiger partial charge in [0, 0.05) is 5.92 Å². The zero-order chi connectivity index (χ0) is 19.8. The van der Waals surface area contributed by atoms with Crippen molar-refractivity contribution in [2.75, 3.05) is 0 Å². The SMILES string of the molecule is N[N+]12C=CN=CC1=C(C1CC(O)C1)N=C2c1cccc(OCc2ccccc2)c1. The number of hydrogen-bond donors (Lipinski definition) is 2. The first-order valence-corrected chi connectivity index (χ1v) is 9.81. The van der Waals surface area contributed by atoms with Crippen LogP contribution in [-0.4, -0.2) is 27.9 Å². The van der Waals surface area contributed by atoms with Gasteiger partial charge in [0.2, 0.25) is 5.70 Å². The monoisotopic (exact) mass is 387 g/mol. The summed E-state index contributed by atoms with van der Waals surface area (Å²) in [5.74, 6) is 8.49. The van der Waals surface area contributed by atoms with Crippen LogP contribution in [0.1, 0.15) is 24.0 Å². The number of nitrogens with zero attached hydrogens (tertiary/aromatic N) is 3. The summed E-state index contributed by atoms with van der Waals surface area (Å²) in [5, 5.41) is 9.74. The van der Waals surface area contributed by atoms with E-state index in [1.54, 1.807) is 12.4 Å². The van der Waals surface area contributed by atoms with Gasteiger partial charge in [0.25, 0.3) is 5.84 Å². The largest absolute Gasteiger partial charge is 0.489 e. The normalized spacial score (nSPS) is 27.4. The molecule has 0 radical (unpaired) electrons. The minimum absolute atomic E-state index is 0.00638. The van der Waals surface area contributed by atoms with Crippen molar-refractivity contribution < 1.29 is 14.4 Å². The van der Waals surface area contributed by atoms with E-state index >= 15 is 0 Å². The van der Waals surface area contributed by atoms with E-state index in [0.29, 0.717) is 19.4 Å². The average molecular weight is 387 g/mol. The van der Waals surface area contributed by atoms with E-state index in [2.05, 4.69) is 4.99 Å². The number of ether oxygens (including phenoxy) is 1. The predicted molar refractivity (Wildman–Crippen MR) is 112 cm³/mol. The molecule has 6 heteroatoms. The van der Waals surface area contributed by atoms with Crippen LogP contribution in [0.25, 0.3) is 0 Å². The number of rotatable bonds is 5. The van der Waals surface area contributed by atoms with E-state index < -0.39 is 0 Å². The molecule has 6 nitrogen and oxygen atoms in total. The molecule has 2 aliphatic heterocycles. The highest BCUT2D eigenvalue weighted by molar-refractivity contribution is 6.00. The van der Waals surface area contributed by atoms with Gasteiger partial charge in [0.1, 0.15) is 24.3 Å². The van der Waals surface area contributed by atoms with Crippen LogP contribution in [0.3, 0.4) is 0 Å². The molecule has 2 heterocycles. The van der Waals surface area contributed by atoms with Crippen molar-refractivity contribution in [1.29, 1.82) is 0 Å². The van der Waals surface area contributed by atoms with E-state index in [4.69, 9.17) is 15.6 Å². The lowest BCUT2D eigenvalue weighted by molar-refractivity contribution is -0.750. The molecular formula is C23H23N4O2+. The summed E-state index contributed by atoms with van der Waals surface area (Å²) in [5.41, 5.74) is 3.82. The van der Waals surface area contributed by atoms with E-state index in [1.165, 1.54) is 0 Å². The summed E-state index contributed by atoms with van der Waals surface area (Å²) in [6.07, 6.45) is 6.51. The lowest BCUT2D eigenvalue weighted by atomic mass is 9.79. The van der Waals surface area contributed by atoms with Crippen molar-refractivity contribution in [1.82, 2.24) is 0 Å². The maximum atomic E-state index is 9.74. The first kappa shape index (κ1) is 18.0. The van der Waals surface area contributed by atoms with E-state index in [9.17, 15) is 5.11 Å². The highest BCUT2D eigenvalue weighted by Crippen LogP contribution is 2.42. The van der Waals surface area contributed by atoms with Crippen molar-refractivity contribution in [2.45, 2.75) is 25.6 Å². The summed E-state index contributed by atoms with van der Waals surface area (Å²) >= 11 is 0. The molecule has 2 aromatic rings. The number of aliphatic imine (C=N–C) groups is 2. The molecule has 1 fully saturated rings. The highest BCUT2D eigenvalue weighted by Gasteiger charge is 2.47. The van der Waals surface area contributed by atoms with Crippen LogP contribution in [-0.2, 0) is 6.61 Å². The van der Waals surface area contributed by atoms with Crippen LogP contribution in [0.4, 0.5) is 0 Å². The third-order valence-corrected chi connectivity index (χ3v) is 5.66. The predicted octanol–water partition coefficient (Wildman–Crippen LogP) is 3.25. The Balaban J connectivity index is 1.44. The molecule has 0 bridgehead atoms. The zero-order valence-corrected chi connectivity index (χ0v) is 16.0. The second-order valence-corrected chi connectivity index (χ2v) is 7.68. The minimum Gasteiger partial charge on any atom is -0.489 e. The van der Waals surface area contributed by atoms with E-state index in [-0.39, 0.29) is 16.6 Å². The van der Waals surface area contributed by atoms with Gasteiger partial charge in [-0.1, -0.05) is 36.4 Å². The average Bonchev–Trinajstić information content (AvgIpc) is 3.03. The molecule has 0 amide bonds. The Morgan fingerprint density at radius 1 is 1.10 bits per heavy atom. The van der Waals surface area contributed by atoms with Gasteiger partial charge in [-0.15, -0.1) is 4.59 Å². The van der Waals surface area contributed by atoms with Crippen LogP contribution in [0.2, 0.25) is 0 Å². The van der Waals surface area contributed by atoms with Gasteiger partial charge < -0.3 is 9.84 Å². The molecule has 1 atom stereocenters. The number of benzene rings is 2. The number of hydrogen-bond acceptors (Lipinski definition) is 5. The lowest BCUT2D eigenvalue weighted by Gasteiger charge is -2.31. The fraction of sp³-hybridized carbons (Fsp3) is 0.217.